The monoisotopic (exact) mass is 335 g/mol. The zero-order valence-electron chi connectivity index (χ0n) is 12.7. The van der Waals surface area contributed by atoms with Gasteiger partial charge in [-0.25, -0.2) is 9.18 Å². The van der Waals surface area contributed by atoms with Crippen LogP contribution in [0.5, 0.6) is 0 Å². The Bertz CT molecular complexity index is 761. The summed E-state index contributed by atoms with van der Waals surface area (Å²) >= 11 is 5.60. The minimum atomic E-state index is -0.747. The lowest BCUT2D eigenvalue weighted by atomic mass is 10.1. The number of hydrogen-bond acceptors (Lipinski definition) is 3. The van der Waals surface area contributed by atoms with Gasteiger partial charge in [-0.1, -0.05) is 23.7 Å². The smallest absolute Gasteiger partial charge is 0.338 e. The third-order valence-corrected chi connectivity index (χ3v) is 3.45. The van der Waals surface area contributed by atoms with Crippen molar-refractivity contribution in [2.75, 3.05) is 11.9 Å². The summed E-state index contributed by atoms with van der Waals surface area (Å²) in [7, 11) is 0. The van der Waals surface area contributed by atoms with E-state index >= 15 is 0 Å². The fraction of sp³-hybridized carbons (Fsp3) is 0.176. The van der Waals surface area contributed by atoms with Crippen molar-refractivity contribution in [2.24, 2.45) is 0 Å². The Morgan fingerprint density at radius 1 is 1.17 bits per heavy atom. The van der Waals surface area contributed by atoms with Crippen molar-refractivity contribution in [3.8, 4) is 0 Å². The molecule has 0 unspecified atom stereocenters. The van der Waals surface area contributed by atoms with Crippen LogP contribution in [-0.2, 0) is 9.53 Å². The largest absolute Gasteiger partial charge is 0.452 e. The van der Waals surface area contributed by atoms with Gasteiger partial charge in [-0.3, -0.25) is 4.79 Å². The lowest BCUT2D eigenvalue weighted by Crippen LogP contribution is -2.21. The summed E-state index contributed by atoms with van der Waals surface area (Å²) in [6.07, 6.45) is 0. The van der Waals surface area contributed by atoms with Crippen molar-refractivity contribution in [1.29, 1.82) is 0 Å². The molecule has 1 N–H and O–H groups in total. The summed E-state index contributed by atoms with van der Waals surface area (Å²) in [5.41, 5.74) is 2.65. The minimum absolute atomic E-state index is 0.0796. The van der Waals surface area contributed by atoms with E-state index in [0.29, 0.717) is 5.69 Å². The quantitative estimate of drug-likeness (QED) is 0.862. The SMILES string of the molecule is Cc1ccc(C)c(NC(=O)COC(=O)c2ccc(F)c(Cl)c2)c1. The number of nitrogens with one attached hydrogen (secondary N) is 1. The minimum Gasteiger partial charge on any atom is -0.452 e. The molecular weight excluding hydrogens is 321 g/mol. The van der Waals surface area contributed by atoms with Crippen molar-refractivity contribution < 1.29 is 18.7 Å². The van der Waals surface area contributed by atoms with Crippen LogP contribution >= 0.6 is 11.6 Å². The molecule has 120 valence electrons. The highest BCUT2D eigenvalue weighted by molar-refractivity contribution is 6.31. The van der Waals surface area contributed by atoms with E-state index in [1.807, 2.05) is 32.0 Å². The predicted octanol–water partition coefficient (Wildman–Crippen LogP) is 3.89. The average Bonchev–Trinajstić information content (AvgIpc) is 2.51. The normalized spacial score (nSPS) is 10.3. The molecule has 0 saturated carbocycles. The van der Waals surface area contributed by atoms with Crippen LogP contribution < -0.4 is 5.32 Å². The molecule has 0 heterocycles. The topological polar surface area (TPSA) is 55.4 Å². The van der Waals surface area contributed by atoms with Gasteiger partial charge < -0.3 is 10.1 Å². The summed E-state index contributed by atoms with van der Waals surface area (Å²) in [6, 6.07) is 9.11. The number of aryl methyl sites for hydroxylation is 2. The van der Waals surface area contributed by atoms with Crippen molar-refractivity contribution in [1.82, 2.24) is 0 Å². The van der Waals surface area contributed by atoms with Gasteiger partial charge in [0.2, 0.25) is 0 Å². The van der Waals surface area contributed by atoms with Crippen LogP contribution in [0.2, 0.25) is 5.02 Å². The Morgan fingerprint density at radius 2 is 1.91 bits per heavy atom. The second-order valence-corrected chi connectivity index (χ2v) is 5.48. The van der Waals surface area contributed by atoms with Gasteiger partial charge in [-0.2, -0.15) is 0 Å². The molecule has 0 saturated heterocycles. The van der Waals surface area contributed by atoms with Gasteiger partial charge in [-0.05, 0) is 49.2 Å². The second-order valence-electron chi connectivity index (χ2n) is 5.07. The summed E-state index contributed by atoms with van der Waals surface area (Å²) in [6.45, 7) is 3.33. The number of esters is 1. The maximum atomic E-state index is 13.0. The number of benzene rings is 2. The van der Waals surface area contributed by atoms with Gasteiger partial charge in [0.05, 0.1) is 10.6 Å². The first-order chi connectivity index (χ1) is 10.9. The Hall–Kier alpha value is -2.40. The zero-order chi connectivity index (χ0) is 17.0. The van der Waals surface area contributed by atoms with E-state index in [9.17, 15) is 14.0 Å². The van der Waals surface area contributed by atoms with E-state index in [-0.39, 0.29) is 10.6 Å². The molecule has 0 radical (unpaired) electrons. The van der Waals surface area contributed by atoms with Crippen LogP contribution in [0, 0.1) is 19.7 Å². The highest BCUT2D eigenvalue weighted by Crippen LogP contribution is 2.17. The molecule has 1 amide bonds. The average molecular weight is 336 g/mol. The van der Waals surface area contributed by atoms with Crippen molar-refractivity contribution in [2.45, 2.75) is 13.8 Å². The molecule has 23 heavy (non-hydrogen) atoms. The first-order valence-electron chi connectivity index (χ1n) is 6.86. The van der Waals surface area contributed by atoms with Crippen LogP contribution in [0.1, 0.15) is 21.5 Å². The number of rotatable bonds is 4. The molecule has 2 rings (SSSR count). The molecule has 6 heteroatoms. The van der Waals surface area contributed by atoms with Crippen LogP contribution in [0.25, 0.3) is 0 Å². The molecule has 4 nitrogen and oxygen atoms in total. The van der Waals surface area contributed by atoms with Gasteiger partial charge in [-0.15, -0.1) is 0 Å². The first-order valence-corrected chi connectivity index (χ1v) is 7.24. The van der Waals surface area contributed by atoms with Gasteiger partial charge >= 0.3 is 5.97 Å². The summed E-state index contributed by atoms with van der Waals surface area (Å²) in [5, 5.41) is 2.49. The van der Waals surface area contributed by atoms with E-state index in [1.54, 1.807) is 0 Å². The van der Waals surface area contributed by atoms with Crippen LogP contribution in [-0.4, -0.2) is 18.5 Å². The van der Waals surface area contributed by atoms with Crippen molar-refractivity contribution in [3.05, 3.63) is 63.9 Å². The maximum absolute atomic E-state index is 13.0. The number of halogens is 2. The van der Waals surface area contributed by atoms with E-state index < -0.39 is 24.3 Å². The molecule has 2 aromatic carbocycles. The summed E-state index contributed by atoms with van der Waals surface area (Å²) < 4.78 is 17.9. The van der Waals surface area contributed by atoms with E-state index in [1.165, 1.54) is 6.07 Å². The van der Waals surface area contributed by atoms with Crippen LogP contribution in [0.3, 0.4) is 0 Å². The zero-order valence-corrected chi connectivity index (χ0v) is 13.4. The highest BCUT2D eigenvalue weighted by Gasteiger charge is 2.13. The molecule has 0 aliphatic rings. The number of ether oxygens (including phenoxy) is 1. The first kappa shape index (κ1) is 17.0. The Kier molecular flexibility index (Phi) is 5.34. The van der Waals surface area contributed by atoms with Crippen molar-refractivity contribution in [3.63, 3.8) is 0 Å². The summed E-state index contributed by atoms with van der Waals surface area (Å²) in [4.78, 5) is 23.7. The third kappa shape index (κ3) is 4.53. The second kappa shape index (κ2) is 7.24. The molecule has 0 aromatic heterocycles. The Labute approximate surface area is 138 Å². The predicted molar refractivity (Wildman–Crippen MR) is 86.2 cm³/mol. The molecule has 0 aliphatic heterocycles. The Morgan fingerprint density at radius 3 is 2.61 bits per heavy atom. The van der Waals surface area contributed by atoms with E-state index in [4.69, 9.17) is 16.3 Å². The molecule has 0 spiro atoms. The molecule has 0 atom stereocenters. The number of hydrogen-bond donors (Lipinski definition) is 1. The van der Waals surface area contributed by atoms with E-state index in [0.717, 1.165) is 23.3 Å². The molecule has 2 aromatic rings. The fourth-order valence-corrected chi connectivity index (χ4v) is 2.07. The number of anilines is 1. The number of carbonyl (C=O) groups is 2. The van der Waals surface area contributed by atoms with E-state index in [2.05, 4.69) is 5.32 Å². The van der Waals surface area contributed by atoms with Gasteiger partial charge in [0, 0.05) is 5.69 Å². The van der Waals surface area contributed by atoms with Crippen LogP contribution in [0.15, 0.2) is 36.4 Å². The standard InChI is InChI=1S/C17H15ClFNO3/c1-10-3-4-11(2)15(7-10)20-16(21)9-23-17(22)12-5-6-14(19)13(18)8-12/h3-8H,9H2,1-2H3,(H,20,21). The van der Waals surface area contributed by atoms with Gasteiger partial charge in [0.1, 0.15) is 5.82 Å². The number of carbonyl (C=O) groups excluding carboxylic acids is 2. The summed E-state index contributed by atoms with van der Waals surface area (Å²) in [5.74, 6) is -1.83. The van der Waals surface area contributed by atoms with Gasteiger partial charge in [0.15, 0.2) is 6.61 Å². The highest BCUT2D eigenvalue weighted by atomic mass is 35.5. The number of amides is 1. The fourth-order valence-electron chi connectivity index (χ4n) is 1.89. The lowest BCUT2D eigenvalue weighted by Gasteiger charge is -2.10. The Balaban J connectivity index is 1.94. The molecule has 0 aliphatic carbocycles. The molecule has 0 bridgehead atoms. The third-order valence-electron chi connectivity index (χ3n) is 3.16. The molecular formula is C17H15ClFNO3. The molecule has 0 fully saturated rings. The van der Waals surface area contributed by atoms with Gasteiger partial charge in [0.25, 0.3) is 5.91 Å². The van der Waals surface area contributed by atoms with Crippen molar-refractivity contribution >= 4 is 29.2 Å². The maximum Gasteiger partial charge on any atom is 0.338 e. The lowest BCUT2D eigenvalue weighted by molar-refractivity contribution is -0.119. The van der Waals surface area contributed by atoms with Crippen LogP contribution in [0.4, 0.5) is 10.1 Å².